The summed E-state index contributed by atoms with van der Waals surface area (Å²) in [6.45, 7) is 0. The van der Waals surface area contributed by atoms with E-state index in [2.05, 4.69) is 10.2 Å². The summed E-state index contributed by atoms with van der Waals surface area (Å²) in [5, 5.41) is 7.97. The van der Waals surface area contributed by atoms with E-state index in [1.807, 2.05) is 24.3 Å². The Morgan fingerprint density at radius 3 is 3.00 bits per heavy atom. The van der Waals surface area contributed by atoms with Crippen molar-refractivity contribution < 1.29 is 9.15 Å². The molecule has 0 bridgehead atoms. The standard InChI is InChI=1S/C12H13ClN2O2/c1-16-10-5-2-4-9(8-10)12-15-14-11(17-12)6-3-7-13/h2,4-5,8H,3,6-7H2,1H3. The van der Waals surface area contributed by atoms with Crippen LogP contribution >= 0.6 is 11.6 Å². The Morgan fingerprint density at radius 1 is 1.35 bits per heavy atom. The van der Waals surface area contributed by atoms with Crippen LogP contribution in [0.15, 0.2) is 28.7 Å². The fourth-order valence-corrected chi connectivity index (χ4v) is 1.58. The summed E-state index contributed by atoms with van der Waals surface area (Å²) in [7, 11) is 1.62. The fourth-order valence-electron chi connectivity index (χ4n) is 1.45. The summed E-state index contributed by atoms with van der Waals surface area (Å²) >= 11 is 5.61. The third-order valence-corrected chi connectivity index (χ3v) is 2.58. The third kappa shape index (κ3) is 2.97. The van der Waals surface area contributed by atoms with Gasteiger partial charge in [-0.1, -0.05) is 6.07 Å². The lowest BCUT2D eigenvalue weighted by atomic mass is 10.2. The quantitative estimate of drug-likeness (QED) is 0.768. The zero-order chi connectivity index (χ0) is 12.1. The van der Waals surface area contributed by atoms with E-state index in [9.17, 15) is 0 Å². The van der Waals surface area contributed by atoms with Crippen LogP contribution in [-0.4, -0.2) is 23.2 Å². The summed E-state index contributed by atoms with van der Waals surface area (Å²) in [5.74, 6) is 2.48. The molecule has 1 aromatic carbocycles. The molecule has 2 aromatic rings. The molecule has 0 atom stereocenters. The number of methoxy groups -OCH3 is 1. The molecular weight excluding hydrogens is 240 g/mol. The number of halogens is 1. The van der Waals surface area contributed by atoms with Crippen LogP contribution in [0.5, 0.6) is 5.75 Å². The highest BCUT2D eigenvalue weighted by Gasteiger charge is 2.08. The maximum absolute atomic E-state index is 5.61. The lowest BCUT2D eigenvalue weighted by Gasteiger charge is -2.00. The highest BCUT2D eigenvalue weighted by molar-refractivity contribution is 6.17. The Morgan fingerprint density at radius 2 is 2.24 bits per heavy atom. The first-order valence-electron chi connectivity index (χ1n) is 5.36. The maximum Gasteiger partial charge on any atom is 0.247 e. The molecule has 1 heterocycles. The van der Waals surface area contributed by atoms with Gasteiger partial charge in [-0.3, -0.25) is 0 Å². The van der Waals surface area contributed by atoms with Crippen LogP contribution in [0.25, 0.3) is 11.5 Å². The van der Waals surface area contributed by atoms with Crippen molar-refractivity contribution in [2.45, 2.75) is 12.8 Å². The normalized spacial score (nSPS) is 10.5. The van der Waals surface area contributed by atoms with Gasteiger partial charge < -0.3 is 9.15 Å². The lowest BCUT2D eigenvalue weighted by molar-refractivity contribution is 0.414. The average Bonchev–Trinajstić information content (AvgIpc) is 2.85. The molecule has 0 aliphatic carbocycles. The first-order chi connectivity index (χ1) is 8.33. The number of aromatic nitrogens is 2. The van der Waals surface area contributed by atoms with Crippen LogP contribution < -0.4 is 4.74 Å². The summed E-state index contributed by atoms with van der Waals surface area (Å²) in [4.78, 5) is 0. The fraction of sp³-hybridized carbons (Fsp3) is 0.333. The highest BCUT2D eigenvalue weighted by atomic mass is 35.5. The molecule has 0 saturated heterocycles. The molecule has 0 aliphatic heterocycles. The minimum absolute atomic E-state index is 0.508. The van der Waals surface area contributed by atoms with Gasteiger partial charge in [0.05, 0.1) is 7.11 Å². The minimum Gasteiger partial charge on any atom is -0.497 e. The minimum atomic E-state index is 0.508. The number of ether oxygens (including phenoxy) is 1. The van der Waals surface area contributed by atoms with Crippen molar-refractivity contribution >= 4 is 11.6 Å². The molecule has 0 N–H and O–H groups in total. The number of rotatable bonds is 5. The van der Waals surface area contributed by atoms with Crippen molar-refractivity contribution in [1.29, 1.82) is 0 Å². The summed E-state index contributed by atoms with van der Waals surface area (Å²) in [6.07, 6.45) is 1.54. The van der Waals surface area contributed by atoms with Gasteiger partial charge in [-0.05, 0) is 24.6 Å². The molecule has 1 aromatic heterocycles. The van der Waals surface area contributed by atoms with Crippen LogP contribution in [0.4, 0.5) is 0 Å². The highest BCUT2D eigenvalue weighted by Crippen LogP contribution is 2.22. The van der Waals surface area contributed by atoms with Crippen LogP contribution in [0.1, 0.15) is 12.3 Å². The molecule has 5 heteroatoms. The van der Waals surface area contributed by atoms with Gasteiger partial charge in [0.2, 0.25) is 11.8 Å². The van der Waals surface area contributed by atoms with Crippen molar-refractivity contribution in [1.82, 2.24) is 10.2 Å². The first-order valence-corrected chi connectivity index (χ1v) is 5.89. The topological polar surface area (TPSA) is 48.2 Å². The molecule has 4 nitrogen and oxygen atoms in total. The smallest absolute Gasteiger partial charge is 0.247 e. The number of alkyl halides is 1. The number of nitrogens with zero attached hydrogens (tertiary/aromatic N) is 2. The maximum atomic E-state index is 5.61. The molecule has 90 valence electrons. The summed E-state index contributed by atoms with van der Waals surface area (Å²) in [6, 6.07) is 7.52. The molecule has 0 fully saturated rings. The summed E-state index contributed by atoms with van der Waals surface area (Å²) in [5.41, 5.74) is 0.856. The van der Waals surface area contributed by atoms with E-state index in [1.54, 1.807) is 7.11 Å². The second kappa shape index (κ2) is 5.68. The second-order valence-electron chi connectivity index (χ2n) is 3.53. The first kappa shape index (κ1) is 11.9. The van der Waals surface area contributed by atoms with Gasteiger partial charge in [-0.2, -0.15) is 0 Å². The summed E-state index contributed by atoms with van der Waals surface area (Å²) < 4.78 is 10.7. The Kier molecular flexibility index (Phi) is 3.98. The van der Waals surface area contributed by atoms with Crippen molar-refractivity contribution in [3.63, 3.8) is 0 Å². The van der Waals surface area contributed by atoms with Gasteiger partial charge in [0.15, 0.2) is 0 Å². The average molecular weight is 253 g/mol. The molecule has 0 radical (unpaired) electrons. The van der Waals surface area contributed by atoms with E-state index in [0.717, 1.165) is 17.7 Å². The molecule has 2 rings (SSSR count). The Bertz CT molecular complexity index is 485. The second-order valence-corrected chi connectivity index (χ2v) is 3.90. The zero-order valence-corrected chi connectivity index (χ0v) is 10.3. The van der Waals surface area contributed by atoms with Gasteiger partial charge in [0.25, 0.3) is 0 Å². The Hall–Kier alpha value is -1.55. The third-order valence-electron chi connectivity index (χ3n) is 2.31. The molecule has 0 aliphatic rings. The van der Waals surface area contributed by atoms with Gasteiger partial charge in [0, 0.05) is 17.9 Å². The number of aryl methyl sites for hydroxylation is 1. The van der Waals surface area contributed by atoms with Crippen LogP contribution in [0.3, 0.4) is 0 Å². The van der Waals surface area contributed by atoms with Crippen molar-refractivity contribution in [3.05, 3.63) is 30.2 Å². The van der Waals surface area contributed by atoms with Gasteiger partial charge in [-0.15, -0.1) is 21.8 Å². The van der Waals surface area contributed by atoms with Crippen molar-refractivity contribution in [2.75, 3.05) is 13.0 Å². The van der Waals surface area contributed by atoms with Crippen LogP contribution in [0, 0.1) is 0 Å². The predicted molar refractivity (Wildman–Crippen MR) is 65.3 cm³/mol. The monoisotopic (exact) mass is 252 g/mol. The van der Waals surface area contributed by atoms with Gasteiger partial charge in [0.1, 0.15) is 5.75 Å². The molecule has 0 saturated carbocycles. The lowest BCUT2D eigenvalue weighted by Crippen LogP contribution is -1.85. The van der Waals surface area contributed by atoms with Crippen molar-refractivity contribution in [2.24, 2.45) is 0 Å². The number of hydrogen-bond donors (Lipinski definition) is 0. The van der Waals surface area contributed by atoms with E-state index >= 15 is 0 Å². The van der Waals surface area contributed by atoms with Gasteiger partial charge >= 0.3 is 0 Å². The molecule has 0 unspecified atom stereocenters. The van der Waals surface area contributed by atoms with E-state index in [0.29, 0.717) is 24.1 Å². The van der Waals surface area contributed by atoms with Crippen molar-refractivity contribution in [3.8, 4) is 17.2 Å². The van der Waals surface area contributed by atoms with E-state index in [4.69, 9.17) is 20.8 Å². The molecular formula is C12H13ClN2O2. The van der Waals surface area contributed by atoms with Crippen LogP contribution in [0.2, 0.25) is 0 Å². The molecule has 0 spiro atoms. The Labute approximate surface area is 105 Å². The van der Waals surface area contributed by atoms with E-state index < -0.39 is 0 Å². The predicted octanol–water partition coefficient (Wildman–Crippen LogP) is 2.92. The molecule has 17 heavy (non-hydrogen) atoms. The van der Waals surface area contributed by atoms with E-state index in [1.165, 1.54) is 0 Å². The van der Waals surface area contributed by atoms with Crippen LogP contribution in [-0.2, 0) is 6.42 Å². The Balaban J connectivity index is 2.18. The molecule has 0 amide bonds. The number of hydrogen-bond acceptors (Lipinski definition) is 4. The number of benzene rings is 1. The largest absolute Gasteiger partial charge is 0.497 e. The van der Waals surface area contributed by atoms with Gasteiger partial charge in [-0.25, -0.2) is 0 Å². The zero-order valence-electron chi connectivity index (χ0n) is 9.52. The SMILES string of the molecule is COc1cccc(-c2nnc(CCCCl)o2)c1. The van der Waals surface area contributed by atoms with E-state index in [-0.39, 0.29) is 0 Å².